The van der Waals surface area contributed by atoms with Gasteiger partial charge in [-0.15, -0.1) is 0 Å². The molecule has 0 heterocycles. The minimum atomic E-state index is 0.0712. The number of benzene rings is 2. The van der Waals surface area contributed by atoms with E-state index in [1.807, 2.05) is 42.5 Å². The Balaban J connectivity index is 2.03. The number of hydrogen-bond donors (Lipinski definition) is 2. The predicted molar refractivity (Wildman–Crippen MR) is 78.9 cm³/mol. The van der Waals surface area contributed by atoms with Gasteiger partial charge in [0.15, 0.2) is 5.84 Å². The number of nitrogens with zero attached hydrogens (tertiary/aromatic N) is 1. The first-order valence-electron chi connectivity index (χ1n) is 6.09. The summed E-state index contributed by atoms with van der Waals surface area (Å²) in [6.45, 7) is 0.766. The van der Waals surface area contributed by atoms with Gasteiger partial charge in [0.2, 0.25) is 0 Å². The molecule has 0 spiro atoms. The van der Waals surface area contributed by atoms with Crippen molar-refractivity contribution in [3.8, 4) is 0 Å². The number of nitrogens with two attached hydrogens (primary N) is 1. The molecule has 0 radical (unpaired) electrons. The molecule has 0 aromatic heterocycles. The van der Waals surface area contributed by atoms with Crippen molar-refractivity contribution in [1.82, 2.24) is 0 Å². The lowest BCUT2D eigenvalue weighted by Crippen LogP contribution is -2.15. The third-order valence-corrected chi connectivity index (χ3v) is 3.24. The van der Waals surface area contributed by atoms with Gasteiger partial charge in [-0.2, -0.15) is 0 Å². The van der Waals surface area contributed by atoms with Crippen LogP contribution in [0.2, 0.25) is 5.02 Å². The maximum atomic E-state index is 8.76. The molecule has 2 aromatic carbocycles. The van der Waals surface area contributed by atoms with E-state index in [-0.39, 0.29) is 5.84 Å². The zero-order valence-corrected chi connectivity index (χ0v) is 11.5. The van der Waals surface area contributed by atoms with E-state index in [1.54, 1.807) is 6.07 Å². The highest BCUT2D eigenvalue weighted by molar-refractivity contribution is 6.31. The van der Waals surface area contributed by atoms with E-state index < -0.39 is 0 Å². The molecule has 2 aromatic rings. The van der Waals surface area contributed by atoms with Gasteiger partial charge in [-0.3, -0.25) is 0 Å². The Morgan fingerprint density at radius 2 is 1.65 bits per heavy atom. The Morgan fingerprint density at radius 3 is 2.35 bits per heavy atom. The minimum absolute atomic E-state index is 0.0712. The van der Waals surface area contributed by atoms with E-state index in [4.69, 9.17) is 27.3 Å². The molecule has 0 amide bonds. The molecule has 5 heteroatoms. The Bertz CT molecular complexity index is 614. The second kappa shape index (κ2) is 6.93. The average Bonchev–Trinajstić information content (AvgIpc) is 2.49. The highest BCUT2D eigenvalue weighted by Crippen LogP contribution is 2.17. The van der Waals surface area contributed by atoms with Crippen LogP contribution in [0.15, 0.2) is 53.7 Å². The van der Waals surface area contributed by atoms with Gasteiger partial charge in [-0.25, -0.2) is 0 Å². The monoisotopic (exact) mass is 290 g/mol. The van der Waals surface area contributed by atoms with Crippen molar-refractivity contribution in [2.24, 2.45) is 10.9 Å². The van der Waals surface area contributed by atoms with Crippen LogP contribution in [0.25, 0.3) is 0 Å². The van der Waals surface area contributed by atoms with E-state index in [9.17, 15) is 0 Å². The highest BCUT2D eigenvalue weighted by atomic mass is 35.5. The summed E-state index contributed by atoms with van der Waals surface area (Å²) < 4.78 is 5.65. The molecule has 0 unspecified atom stereocenters. The highest BCUT2D eigenvalue weighted by Gasteiger charge is 2.07. The van der Waals surface area contributed by atoms with Gasteiger partial charge in [0, 0.05) is 10.6 Å². The van der Waals surface area contributed by atoms with E-state index >= 15 is 0 Å². The van der Waals surface area contributed by atoms with Crippen LogP contribution in [0.5, 0.6) is 0 Å². The van der Waals surface area contributed by atoms with Gasteiger partial charge < -0.3 is 15.7 Å². The first kappa shape index (κ1) is 14.4. The molecule has 104 valence electrons. The van der Waals surface area contributed by atoms with E-state index in [2.05, 4.69) is 5.16 Å². The second-order valence-electron chi connectivity index (χ2n) is 4.23. The quantitative estimate of drug-likeness (QED) is 0.385. The first-order valence-corrected chi connectivity index (χ1v) is 6.47. The van der Waals surface area contributed by atoms with Gasteiger partial charge in [-0.1, -0.05) is 59.2 Å². The summed E-state index contributed by atoms with van der Waals surface area (Å²) >= 11 is 6.06. The van der Waals surface area contributed by atoms with Crippen LogP contribution in [0.1, 0.15) is 16.7 Å². The fraction of sp³-hybridized carbons (Fsp3) is 0.133. The third kappa shape index (κ3) is 3.50. The van der Waals surface area contributed by atoms with Gasteiger partial charge >= 0.3 is 0 Å². The number of hydrogen-bond acceptors (Lipinski definition) is 3. The van der Waals surface area contributed by atoms with Crippen molar-refractivity contribution in [3.05, 3.63) is 70.2 Å². The summed E-state index contributed by atoms with van der Waals surface area (Å²) in [4.78, 5) is 0. The fourth-order valence-electron chi connectivity index (χ4n) is 1.84. The van der Waals surface area contributed by atoms with Crippen LogP contribution in [-0.4, -0.2) is 11.0 Å². The largest absolute Gasteiger partial charge is 0.409 e. The van der Waals surface area contributed by atoms with Crippen molar-refractivity contribution >= 4 is 17.4 Å². The van der Waals surface area contributed by atoms with Crippen LogP contribution >= 0.6 is 11.6 Å². The first-order chi connectivity index (χ1) is 9.72. The third-order valence-electron chi connectivity index (χ3n) is 2.87. The van der Waals surface area contributed by atoms with Crippen LogP contribution in [0, 0.1) is 0 Å². The molecule has 0 aliphatic rings. The normalized spacial score (nSPS) is 11.6. The summed E-state index contributed by atoms with van der Waals surface area (Å²) in [5, 5.41) is 12.5. The van der Waals surface area contributed by atoms with Crippen molar-refractivity contribution in [2.75, 3.05) is 0 Å². The van der Waals surface area contributed by atoms with Gasteiger partial charge in [-0.05, 0) is 17.2 Å². The Morgan fingerprint density at radius 1 is 1.05 bits per heavy atom. The molecule has 0 fully saturated rings. The Kier molecular flexibility index (Phi) is 4.98. The number of halogens is 1. The van der Waals surface area contributed by atoms with Crippen LogP contribution in [-0.2, 0) is 18.0 Å². The molecule has 0 atom stereocenters. The maximum absolute atomic E-state index is 8.76. The summed E-state index contributed by atoms with van der Waals surface area (Å²) in [5.41, 5.74) is 8.07. The standard InChI is InChI=1S/C15H15ClN2O2/c16-14-8-4-2-6-12(14)10-20-9-11-5-1-3-7-13(11)15(17)18-19/h1-8,19H,9-10H2,(H2,17,18). The molecule has 20 heavy (non-hydrogen) atoms. The minimum Gasteiger partial charge on any atom is -0.409 e. The summed E-state index contributed by atoms with van der Waals surface area (Å²) in [5.74, 6) is 0.0712. The Hall–Kier alpha value is -2.04. The molecule has 0 aliphatic carbocycles. The van der Waals surface area contributed by atoms with Gasteiger partial charge in [0.05, 0.1) is 13.2 Å². The van der Waals surface area contributed by atoms with Crippen LogP contribution in [0.3, 0.4) is 0 Å². The SMILES string of the molecule is N/C(=N\O)c1ccccc1COCc1ccccc1Cl. The molecule has 4 nitrogen and oxygen atoms in total. The molecule has 0 bridgehead atoms. The van der Waals surface area contributed by atoms with Gasteiger partial charge in [0.1, 0.15) is 0 Å². The Labute approximate surface area is 122 Å². The number of rotatable bonds is 5. The lowest BCUT2D eigenvalue weighted by molar-refractivity contribution is 0.107. The molecule has 0 saturated carbocycles. The zero-order valence-electron chi connectivity index (χ0n) is 10.8. The fourth-order valence-corrected chi connectivity index (χ4v) is 2.03. The molecular formula is C15H15ClN2O2. The predicted octanol–water partition coefficient (Wildman–Crippen LogP) is 3.15. The smallest absolute Gasteiger partial charge is 0.170 e. The molecule has 2 rings (SSSR count). The maximum Gasteiger partial charge on any atom is 0.170 e. The van der Waals surface area contributed by atoms with Gasteiger partial charge in [0.25, 0.3) is 0 Å². The van der Waals surface area contributed by atoms with E-state index in [0.29, 0.717) is 23.8 Å². The van der Waals surface area contributed by atoms with Crippen molar-refractivity contribution in [3.63, 3.8) is 0 Å². The molecular weight excluding hydrogens is 276 g/mol. The second-order valence-corrected chi connectivity index (χ2v) is 4.63. The average molecular weight is 291 g/mol. The van der Waals surface area contributed by atoms with E-state index in [1.165, 1.54) is 0 Å². The molecule has 0 saturated heterocycles. The van der Waals surface area contributed by atoms with Crippen LogP contribution < -0.4 is 5.73 Å². The molecule has 0 aliphatic heterocycles. The topological polar surface area (TPSA) is 67.8 Å². The zero-order chi connectivity index (χ0) is 14.4. The summed E-state index contributed by atoms with van der Waals surface area (Å²) in [7, 11) is 0. The van der Waals surface area contributed by atoms with Crippen molar-refractivity contribution in [2.45, 2.75) is 13.2 Å². The summed E-state index contributed by atoms with van der Waals surface area (Å²) in [6.07, 6.45) is 0. The van der Waals surface area contributed by atoms with E-state index in [0.717, 1.165) is 11.1 Å². The van der Waals surface area contributed by atoms with Crippen molar-refractivity contribution < 1.29 is 9.94 Å². The van der Waals surface area contributed by atoms with Crippen LogP contribution in [0.4, 0.5) is 0 Å². The number of amidine groups is 1. The molecule has 3 N–H and O–H groups in total. The summed E-state index contributed by atoms with van der Waals surface area (Å²) in [6, 6.07) is 14.9. The number of ether oxygens (including phenoxy) is 1. The lowest BCUT2D eigenvalue weighted by atomic mass is 10.1. The number of oxime groups is 1. The van der Waals surface area contributed by atoms with Crippen molar-refractivity contribution in [1.29, 1.82) is 0 Å². The lowest BCUT2D eigenvalue weighted by Gasteiger charge is -2.09.